The molecule has 0 spiro atoms. The van der Waals surface area contributed by atoms with Crippen LogP contribution in [0, 0.1) is 0 Å². The van der Waals surface area contributed by atoms with Gasteiger partial charge in [-0.1, -0.05) is 57.3 Å². The van der Waals surface area contributed by atoms with Crippen molar-refractivity contribution in [1.82, 2.24) is 4.90 Å². The topological polar surface area (TPSA) is 29.3 Å². The molecule has 1 aromatic rings. The normalized spacial score (nSPS) is 12.2. The molecule has 0 unspecified atom stereocenters. The number of benzene rings is 1. The highest BCUT2D eigenvalue weighted by Gasteiger charge is 2.14. The third-order valence-corrected chi connectivity index (χ3v) is 3.42. The van der Waals surface area contributed by atoms with Crippen molar-refractivity contribution in [2.24, 2.45) is 5.73 Å². The highest BCUT2D eigenvalue weighted by Crippen LogP contribution is 2.22. The van der Waals surface area contributed by atoms with Gasteiger partial charge in [0.15, 0.2) is 0 Å². The van der Waals surface area contributed by atoms with E-state index in [1.807, 2.05) is 0 Å². The van der Waals surface area contributed by atoms with Gasteiger partial charge in [-0.25, -0.2) is 0 Å². The maximum atomic E-state index is 5.66. The second kappa shape index (κ2) is 6.49. The molecule has 1 rings (SSSR count). The van der Waals surface area contributed by atoms with Crippen LogP contribution >= 0.6 is 12.2 Å². The maximum Gasteiger partial charge on any atom is 0.0870 e. The molecule has 0 fully saturated rings. The van der Waals surface area contributed by atoms with E-state index in [-0.39, 0.29) is 5.41 Å². The van der Waals surface area contributed by atoms with Gasteiger partial charge in [-0.05, 0) is 30.4 Å². The second-order valence-corrected chi connectivity index (χ2v) is 6.94. The van der Waals surface area contributed by atoms with Gasteiger partial charge in [-0.3, -0.25) is 4.90 Å². The van der Waals surface area contributed by atoms with E-state index in [1.54, 1.807) is 0 Å². The highest BCUT2D eigenvalue weighted by molar-refractivity contribution is 7.80. The summed E-state index contributed by atoms with van der Waals surface area (Å²) in [4.78, 5) is 2.84. The summed E-state index contributed by atoms with van der Waals surface area (Å²) in [5, 5.41) is 0. The molecule has 0 aliphatic rings. The zero-order valence-corrected chi connectivity index (χ0v) is 13.6. The molecular weight excluding hydrogens is 252 g/mol. The number of hydrogen-bond donors (Lipinski definition) is 1. The van der Waals surface area contributed by atoms with Crippen molar-refractivity contribution in [3.63, 3.8) is 0 Å². The number of thiocarbonyl (C=S) groups is 1. The Morgan fingerprint density at radius 3 is 2.11 bits per heavy atom. The van der Waals surface area contributed by atoms with Crippen molar-refractivity contribution in [2.75, 3.05) is 6.54 Å². The first-order valence-electron chi connectivity index (χ1n) is 6.82. The van der Waals surface area contributed by atoms with E-state index < -0.39 is 0 Å². The smallest absolute Gasteiger partial charge is 0.0870 e. The fraction of sp³-hybridized carbons (Fsp3) is 0.562. The fourth-order valence-corrected chi connectivity index (χ4v) is 2.13. The first-order valence-corrected chi connectivity index (χ1v) is 7.22. The quantitative estimate of drug-likeness (QED) is 0.836. The molecule has 106 valence electrons. The maximum absolute atomic E-state index is 5.66. The van der Waals surface area contributed by atoms with Crippen LogP contribution in [0.2, 0.25) is 0 Å². The van der Waals surface area contributed by atoms with Gasteiger partial charge in [0.25, 0.3) is 0 Å². The Balaban J connectivity index is 2.78. The zero-order chi connectivity index (χ0) is 14.6. The third-order valence-electron chi connectivity index (χ3n) is 3.29. The first-order chi connectivity index (χ1) is 8.70. The molecule has 0 saturated carbocycles. The van der Waals surface area contributed by atoms with Crippen LogP contribution in [0.1, 0.15) is 45.7 Å². The highest BCUT2D eigenvalue weighted by atomic mass is 32.1. The van der Waals surface area contributed by atoms with Crippen molar-refractivity contribution in [2.45, 2.75) is 52.6 Å². The van der Waals surface area contributed by atoms with Crippen LogP contribution in [0.5, 0.6) is 0 Å². The molecular formula is C16H26N2S. The van der Waals surface area contributed by atoms with Crippen molar-refractivity contribution < 1.29 is 0 Å². The molecule has 0 aromatic heterocycles. The molecule has 2 N–H and O–H groups in total. The molecule has 1 aromatic carbocycles. The molecule has 0 aliphatic carbocycles. The lowest BCUT2D eigenvalue weighted by molar-refractivity contribution is 0.245. The summed E-state index contributed by atoms with van der Waals surface area (Å²) in [7, 11) is 0. The number of hydrogen-bond acceptors (Lipinski definition) is 2. The molecule has 2 nitrogen and oxygen atoms in total. The molecule has 0 saturated heterocycles. The van der Waals surface area contributed by atoms with Crippen molar-refractivity contribution in [3.05, 3.63) is 35.4 Å². The van der Waals surface area contributed by atoms with Gasteiger partial charge >= 0.3 is 0 Å². The minimum Gasteiger partial charge on any atom is -0.392 e. The van der Waals surface area contributed by atoms with E-state index in [0.717, 1.165) is 6.54 Å². The van der Waals surface area contributed by atoms with Crippen LogP contribution in [-0.4, -0.2) is 22.5 Å². The molecule has 0 heterocycles. The predicted octanol–water partition coefficient (Wildman–Crippen LogP) is 3.48. The first kappa shape index (κ1) is 16.1. The molecule has 19 heavy (non-hydrogen) atoms. The minimum atomic E-state index is 0.203. The Kier molecular flexibility index (Phi) is 5.50. The molecule has 3 heteroatoms. The van der Waals surface area contributed by atoms with Gasteiger partial charge < -0.3 is 5.73 Å². The average molecular weight is 278 g/mol. The standard InChI is InChI=1S/C16H26N2S/c1-12(2)18(11-15(17)19)10-13-6-8-14(9-7-13)16(3,4)5/h6-9,12H,10-11H2,1-5H3,(H2,17,19). The van der Waals surface area contributed by atoms with Gasteiger partial charge in [0.1, 0.15) is 0 Å². The zero-order valence-electron chi connectivity index (χ0n) is 12.7. The lowest BCUT2D eigenvalue weighted by Gasteiger charge is -2.26. The summed E-state index contributed by atoms with van der Waals surface area (Å²) in [6.07, 6.45) is 0. The van der Waals surface area contributed by atoms with Gasteiger partial charge in [-0.15, -0.1) is 0 Å². The van der Waals surface area contributed by atoms with E-state index >= 15 is 0 Å². The molecule has 0 amide bonds. The summed E-state index contributed by atoms with van der Waals surface area (Å²) in [5.74, 6) is 0. The van der Waals surface area contributed by atoms with Gasteiger partial charge in [0.05, 0.1) is 4.99 Å². The van der Waals surface area contributed by atoms with E-state index in [0.29, 0.717) is 17.6 Å². The van der Waals surface area contributed by atoms with E-state index in [1.165, 1.54) is 11.1 Å². The van der Waals surface area contributed by atoms with Crippen LogP contribution in [-0.2, 0) is 12.0 Å². The summed E-state index contributed by atoms with van der Waals surface area (Å²) >= 11 is 5.01. The molecule has 0 aliphatic heterocycles. The summed E-state index contributed by atoms with van der Waals surface area (Å²) in [6, 6.07) is 9.28. The number of rotatable bonds is 5. The Morgan fingerprint density at radius 1 is 1.21 bits per heavy atom. The monoisotopic (exact) mass is 278 g/mol. The summed E-state index contributed by atoms with van der Waals surface area (Å²) in [6.45, 7) is 12.6. The van der Waals surface area contributed by atoms with E-state index in [4.69, 9.17) is 18.0 Å². The Morgan fingerprint density at radius 2 is 1.74 bits per heavy atom. The van der Waals surface area contributed by atoms with Crippen LogP contribution in [0.3, 0.4) is 0 Å². The van der Waals surface area contributed by atoms with Gasteiger partial charge in [-0.2, -0.15) is 0 Å². The predicted molar refractivity (Wildman–Crippen MR) is 87.5 cm³/mol. The molecule has 0 atom stereocenters. The summed E-state index contributed by atoms with van der Waals surface area (Å²) < 4.78 is 0. The third kappa shape index (κ3) is 5.29. The lowest BCUT2D eigenvalue weighted by Crippen LogP contribution is -2.37. The second-order valence-electron chi connectivity index (χ2n) is 6.41. The van der Waals surface area contributed by atoms with Crippen molar-refractivity contribution in [3.8, 4) is 0 Å². The Hall–Kier alpha value is -0.930. The van der Waals surface area contributed by atoms with E-state index in [9.17, 15) is 0 Å². The summed E-state index contributed by atoms with van der Waals surface area (Å²) in [5.41, 5.74) is 8.53. The van der Waals surface area contributed by atoms with Gasteiger partial charge in [0.2, 0.25) is 0 Å². The van der Waals surface area contributed by atoms with Crippen LogP contribution < -0.4 is 5.73 Å². The van der Waals surface area contributed by atoms with Gasteiger partial charge in [0, 0.05) is 19.1 Å². The molecule has 0 radical (unpaired) electrons. The van der Waals surface area contributed by atoms with Crippen LogP contribution in [0.15, 0.2) is 24.3 Å². The van der Waals surface area contributed by atoms with Crippen LogP contribution in [0.25, 0.3) is 0 Å². The lowest BCUT2D eigenvalue weighted by atomic mass is 9.87. The Labute approximate surface area is 123 Å². The minimum absolute atomic E-state index is 0.203. The average Bonchev–Trinajstić information content (AvgIpc) is 2.27. The van der Waals surface area contributed by atoms with Crippen molar-refractivity contribution in [1.29, 1.82) is 0 Å². The largest absolute Gasteiger partial charge is 0.392 e. The number of nitrogens with two attached hydrogens (primary N) is 1. The number of nitrogens with zero attached hydrogens (tertiary/aromatic N) is 1. The van der Waals surface area contributed by atoms with E-state index in [2.05, 4.69) is 63.8 Å². The Bertz CT molecular complexity index is 415. The fourth-order valence-electron chi connectivity index (χ4n) is 1.97. The van der Waals surface area contributed by atoms with Crippen molar-refractivity contribution >= 4 is 17.2 Å². The SMILES string of the molecule is CC(C)N(CC(N)=S)Cc1ccc(C(C)(C)C)cc1. The van der Waals surface area contributed by atoms with Crippen LogP contribution in [0.4, 0.5) is 0 Å². The molecule has 0 bridgehead atoms.